The van der Waals surface area contributed by atoms with Crippen LogP contribution in [0, 0.1) is 0 Å². The van der Waals surface area contributed by atoms with Gasteiger partial charge in [0.25, 0.3) is 0 Å². The number of carboxylic acid groups (broad SMARTS) is 1. The average Bonchev–Trinajstić information content (AvgIpc) is 2.16. The summed E-state index contributed by atoms with van der Waals surface area (Å²) in [7, 11) is 1.70. The zero-order chi connectivity index (χ0) is 10.7. The van der Waals surface area contributed by atoms with Crippen molar-refractivity contribution >= 4 is 27.7 Å². The summed E-state index contributed by atoms with van der Waals surface area (Å²) in [4.78, 5) is 16.4. The molecule has 0 saturated heterocycles. The summed E-state index contributed by atoms with van der Waals surface area (Å²) in [5.41, 5.74) is 0. The van der Waals surface area contributed by atoms with Crippen LogP contribution in [-0.4, -0.2) is 29.1 Å². The minimum atomic E-state index is -0.870. The van der Waals surface area contributed by atoms with Crippen LogP contribution >= 0.6 is 15.9 Å². The van der Waals surface area contributed by atoms with Crippen LogP contribution in [0.5, 0.6) is 0 Å². The maximum Gasteiger partial charge on any atom is 0.326 e. The van der Waals surface area contributed by atoms with Crippen molar-refractivity contribution in [3.05, 3.63) is 22.8 Å². The topological polar surface area (TPSA) is 53.4 Å². The SMILES string of the molecule is CC(C(=O)O)N(C)c1ncccc1Br. The number of nitrogens with zero attached hydrogens (tertiary/aromatic N) is 2. The predicted octanol–water partition coefficient (Wildman–Crippen LogP) is 1.75. The van der Waals surface area contributed by atoms with Gasteiger partial charge in [0, 0.05) is 13.2 Å². The van der Waals surface area contributed by atoms with E-state index in [0.29, 0.717) is 5.82 Å². The highest BCUT2D eigenvalue weighted by atomic mass is 79.9. The molecule has 0 aromatic carbocycles. The van der Waals surface area contributed by atoms with Gasteiger partial charge in [-0.25, -0.2) is 9.78 Å². The number of carbonyl (C=O) groups is 1. The molecule has 76 valence electrons. The lowest BCUT2D eigenvalue weighted by Gasteiger charge is -2.23. The summed E-state index contributed by atoms with van der Waals surface area (Å²) < 4.78 is 0.788. The number of halogens is 1. The Hall–Kier alpha value is -1.10. The minimum absolute atomic E-state index is 0.596. The van der Waals surface area contributed by atoms with Crippen molar-refractivity contribution in [3.63, 3.8) is 0 Å². The predicted molar refractivity (Wildman–Crippen MR) is 57.4 cm³/mol. The molecule has 1 atom stereocenters. The summed E-state index contributed by atoms with van der Waals surface area (Å²) in [6, 6.07) is 3.02. The van der Waals surface area contributed by atoms with Crippen molar-refractivity contribution in [2.45, 2.75) is 13.0 Å². The molecule has 4 nitrogen and oxygen atoms in total. The lowest BCUT2D eigenvalue weighted by Crippen LogP contribution is -2.36. The molecule has 1 rings (SSSR count). The maximum absolute atomic E-state index is 10.7. The Morgan fingerprint density at radius 3 is 2.86 bits per heavy atom. The van der Waals surface area contributed by atoms with E-state index in [2.05, 4.69) is 20.9 Å². The van der Waals surface area contributed by atoms with E-state index < -0.39 is 12.0 Å². The first-order valence-electron chi connectivity index (χ1n) is 4.10. The number of hydrogen-bond acceptors (Lipinski definition) is 3. The first-order valence-corrected chi connectivity index (χ1v) is 4.89. The molecule has 1 heterocycles. The molecule has 0 aliphatic heterocycles. The van der Waals surface area contributed by atoms with Gasteiger partial charge in [-0.3, -0.25) is 0 Å². The third kappa shape index (κ3) is 2.23. The van der Waals surface area contributed by atoms with Crippen LogP contribution in [0.15, 0.2) is 22.8 Å². The number of likely N-dealkylation sites (N-methyl/N-ethyl adjacent to an activating group) is 1. The highest BCUT2D eigenvalue weighted by Crippen LogP contribution is 2.23. The van der Waals surface area contributed by atoms with Gasteiger partial charge in [-0.15, -0.1) is 0 Å². The second-order valence-electron chi connectivity index (χ2n) is 2.93. The number of rotatable bonds is 3. The summed E-state index contributed by atoms with van der Waals surface area (Å²) in [5, 5.41) is 8.82. The van der Waals surface area contributed by atoms with E-state index in [0.717, 1.165) is 4.47 Å². The monoisotopic (exact) mass is 258 g/mol. The van der Waals surface area contributed by atoms with Crippen LogP contribution in [0.1, 0.15) is 6.92 Å². The highest BCUT2D eigenvalue weighted by molar-refractivity contribution is 9.10. The van der Waals surface area contributed by atoms with Crippen LogP contribution in [0.25, 0.3) is 0 Å². The Labute approximate surface area is 90.7 Å². The van der Waals surface area contributed by atoms with Gasteiger partial charge in [-0.05, 0) is 35.0 Å². The molecule has 1 aromatic rings. The molecule has 0 amide bonds. The summed E-state index contributed by atoms with van der Waals surface area (Å²) >= 11 is 3.32. The van der Waals surface area contributed by atoms with E-state index in [9.17, 15) is 4.79 Å². The van der Waals surface area contributed by atoms with E-state index in [1.807, 2.05) is 6.07 Å². The number of hydrogen-bond donors (Lipinski definition) is 1. The normalized spacial score (nSPS) is 12.2. The average molecular weight is 259 g/mol. The molecular weight excluding hydrogens is 248 g/mol. The van der Waals surface area contributed by atoms with Gasteiger partial charge < -0.3 is 10.0 Å². The summed E-state index contributed by atoms with van der Waals surface area (Å²) in [6.07, 6.45) is 1.63. The van der Waals surface area contributed by atoms with Crippen molar-refractivity contribution < 1.29 is 9.90 Å². The van der Waals surface area contributed by atoms with Gasteiger partial charge in [0.05, 0.1) is 4.47 Å². The Balaban J connectivity index is 2.94. The highest BCUT2D eigenvalue weighted by Gasteiger charge is 2.19. The molecular formula is C9H11BrN2O2. The van der Waals surface area contributed by atoms with Crippen LogP contribution in [-0.2, 0) is 4.79 Å². The lowest BCUT2D eigenvalue weighted by molar-refractivity contribution is -0.138. The Morgan fingerprint density at radius 2 is 2.36 bits per heavy atom. The first kappa shape index (κ1) is 11.0. The van der Waals surface area contributed by atoms with E-state index in [4.69, 9.17) is 5.11 Å². The van der Waals surface area contributed by atoms with Gasteiger partial charge in [0.15, 0.2) is 0 Å². The molecule has 1 aromatic heterocycles. The number of aromatic nitrogens is 1. The second kappa shape index (κ2) is 4.41. The summed E-state index contributed by atoms with van der Waals surface area (Å²) in [6.45, 7) is 1.61. The second-order valence-corrected chi connectivity index (χ2v) is 3.79. The lowest BCUT2D eigenvalue weighted by atomic mass is 10.3. The third-order valence-corrected chi connectivity index (χ3v) is 2.63. The fraction of sp³-hybridized carbons (Fsp3) is 0.333. The van der Waals surface area contributed by atoms with Crippen LogP contribution in [0.2, 0.25) is 0 Å². The molecule has 0 radical (unpaired) electrons. The van der Waals surface area contributed by atoms with Crippen molar-refractivity contribution in [2.75, 3.05) is 11.9 Å². The van der Waals surface area contributed by atoms with Gasteiger partial charge in [-0.1, -0.05) is 0 Å². The molecule has 0 saturated carbocycles. The number of anilines is 1. The number of aliphatic carboxylic acids is 1. The van der Waals surface area contributed by atoms with Crippen molar-refractivity contribution in [2.24, 2.45) is 0 Å². The summed E-state index contributed by atoms with van der Waals surface area (Å²) in [5.74, 6) is -0.243. The smallest absolute Gasteiger partial charge is 0.326 e. The van der Waals surface area contributed by atoms with Crippen LogP contribution in [0.4, 0.5) is 5.82 Å². The third-order valence-electron chi connectivity index (χ3n) is 2.01. The molecule has 0 spiro atoms. The molecule has 5 heteroatoms. The molecule has 1 unspecified atom stereocenters. The van der Waals surface area contributed by atoms with E-state index in [1.54, 1.807) is 31.1 Å². The van der Waals surface area contributed by atoms with Gasteiger partial charge in [0.1, 0.15) is 11.9 Å². The van der Waals surface area contributed by atoms with Gasteiger partial charge in [0.2, 0.25) is 0 Å². The van der Waals surface area contributed by atoms with Crippen LogP contribution in [0.3, 0.4) is 0 Å². The quantitative estimate of drug-likeness (QED) is 0.898. The molecule has 0 fully saturated rings. The Morgan fingerprint density at radius 1 is 1.71 bits per heavy atom. The largest absolute Gasteiger partial charge is 0.480 e. The number of pyridine rings is 1. The number of carboxylic acids is 1. The molecule has 0 aliphatic carbocycles. The fourth-order valence-electron chi connectivity index (χ4n) is 0.986. The maximum atomic E-state index is 10.7. The first-order chi connectivity index (χ1) is 6.54. The Bertz CT molecular complexity index is 343. The van der Waals surface area contributed by atoms with Gasteiger partial charge >= 0.3 is 5.97 Å². The van der Waals surface area contributed by atoms with E-state index >= 15 is 0 Å². The molecule has 0 bridgehead atoms. The van der Waals surface area contributed by atoms with Gasteiger partial charge in [-0.2, -0.15) is 0 Å². The fourth-order valence-corrected chi connectivity index (χ4v) is 1.52. The van der Waals surface area contributed by atoms with Crippen molar-refractivity contribution in [3.8, 4) is 0 Å². The molecule has 14 heavy (non-hydrogen) atoms. The molecule has 1 N–H and O–H groups in total. The molecule has 0 aliphatic rings. The minimum Gasteiger partial charge on any atom is -0.480 e. The zero-order valence-corrected chi connectivity index (χ0v) is 9.52. The van der Waals surface area contributed by atoms with E-state index in [1.165, 1.54) is 0 Å². The van der Waals surface area contributed by atoms with Crippen molar-refractivity contribution in [1.29, 1.82) is 0 Å². The van der Waals surface area contributed by atoms with E-state index in [-0.39, 0.29) is 0 Å². The standard InChI is InChI=1S/C9H11BrN2O2/c1-6(9(13)14)12(2)8-7(10)4-3-5-11-8/h3-6H,1-2H3,(H,13,14). The Kier molecular flexibility index (Phi) is 3.46. The van der Waals surface area contributed by atoms with Crippen molar-refractivity contribution in [1.82, 2.24) is 4.98 Å². The zero-order valence-electron chi connectivity index (χ0n) is 7.94. The van der Waals surface area contributed by atoms with Crippen LogP contribution < -0.4 is 4.90 Å².